The molecule has 20 heavy (non-hydrogen) atoms. The lowest BCUT2D eigenvalue weighted by molar-refractivity contribution is -0.153. The van der Waals surface area contributed by atoms with Crippen molar-refractivity contribution in [1.29, 1.82) is 0 Å². The van der Waals surface area contributed by atoms with Crippen LogP contribution in [0.1, 0.15) is 26.3 Å². The monoisotopic (exact) mass is 281 g/mol. The Morgan fingerprint density at radius 1 is 1.10 bits per heavy atom. The summed E-state index contributed by atoms with van der Waals surface area (Å²) in [4.78, 5) is 0. The number of rotatable bonds is 10. The van der Waals surface area contributed by atoms with Gasteiger partial charge in [0, 0.05) is 13.2 Å². The summed E-state index contributed by atoms with van der Waals surface area (Å²) in [7, 11) is 1.68. The molecule has 0 spiro atoms. The molecule has 0 aliphatic heterocycles. The number of hydrogen-bond donors (Lipinski definition) is 1. The fraction of sp³-hybridized carbons (Fsp3) is 0.625. The van der Waals surface area contributed by atoms with E-state index >= 15 is 0 Å². The van der Waals surface area contributed by atoms with Crippen molar-refractivity contribution in [3.8, 4) is 5.75 Å². The van der Waals surface area contributed by atoms with E-state index in [4.69, 9.17) is 14.2 Å². The maximum absolute atomic E-state index is 5.71. The highest BCUT2D eigenvalue weighted by Gasteiger charge is 2.21. The smallest absolute Gasteiger partial charge is 0.172 e. The molecule has 1 atom stereocenters. The average Bonchev–Trinajstić information content (AvgIpc) is 2.47. The summed E-state index contributed by atoms with van der Waals surface area (Å²) in [6, 6.07) is 8.25. The third kappa shape index (κ3) is 5.49. The molecule has 0 heterocycles. The van der Waals surface area contributed by atoms with Crippen molar-refractivity contribution in [1.82, 2.24) is 5.32 Å². The molecule has 0 aliphatic carbocycles. The normalized spacial score (nSPS) is 12.7. The zero-order chi connectivity index (χ0) is 14.8. The van der Waals surface area contributed by atoms with E-state index in [1.54, 1.807) is 7.11 Å². The van der Waals surface area contributed by atoms with E-state index in [0.29, 0.717) is 13.2 Å². The summed E-state index contributed by atoms with van der Waals surface area (Å²) >= 11 is 0. The minimum atomic E-state index is -0.226. The minimum Gasteiger partial charge on any atom is -0.497 e. The van der Waals surface area contributed by atoms with Crippen LogP contribution in [0.25, 0.3) is 0 Å². The van der Waals surface area contributed by atoms with E-state index < -0.39 is 0 Å². The fourth-order valence-corrected chi connectivity index (χ4v) is 2.19. The van der Waals surface area contributed by atoms with Crippen molar-refractivity contribution in [3.63, 3.8) is 0 Å². The third-order valence-corrected chi connectivity index (χ3v) is 3.05. The summed E-state index contributed by atoms with van der Waals surface area (Å²) in [5.41, 5.74) is 1.21. The summed E-state index contributed by atoms with van der Waals surface area (Å²) in [6.07, 6.45) is 0.617. The Hall–Kier alpha value is -1.10. The predicted octanol–water partition coefficient (Wildman–Crippen LogP) is 2.61. The lowest BCUT2D eigenvalue weighted by Gasteiger charge is -2.27. The van der Waals surface area contributed by atoms with Crippen molar-refractivity contribution in [2.75, 3.05) is 26.9 Å². The Bertz CT molecular complexity index is 364. The van der Waals surface area contributed by atoms with Crippen molar-refractivity contribution >= 4 is 0 Å². The molecule has 4 nitrogen and oxygen atoms in total. The molecule has 0 bridgehead atoms. The van der Waals surface area contributed by atoms with E-state index in [9.17, 15) is 0 Å². The highest BCUT2D eigenvalue weighted by molar-refractivity contribution is 5.29. The van der Waals surface area contributed by atoms with Crippen LogP contribution in [0.2, 0.25) is 0 Å². The third-order valence-electron chi connectivity index (χ3n) is 3.05. The van der Waals surface area contributed by atoms with Crippen LogP contribution in [0.5, 0.6) is 5.75 Å². The molecular weight excluding hydrogens is 254 g/mol. The molecule has 0 saturated heterocycles. The highest BCUT2D eigenvalue weighted by Crippen LogP contribution is 2.16. The van der Waals surface area contributed by atoms with Gasteiger partial charge >= 0.3 is 0 Å². The molecule has 0 aromatic heterocycles. The highest BCUT2D eigenvalue weighted by atomic mass is 16.7. The second-order valence-electron chi connectivity index (χ2n) is 4.50. The maximum Gasteiger partial charge on any atom is 0.172 e. The molecule has 1 N–H and O–H groups in total. The standard InChI is InChI=1S/C16H27NO3/c1-5-17-15(16(19-6-2)20-7-3)12-13-9-8-10-14(11-13)18-4/h8-11,15-17H,5-7,12H2,1-4H3. The van der Waals surface area contributed by atoms with Gasteiger partial charge in [-0.2, -0.15) is 0 Å². The van der Waals surface area contributed by atoms with Gasteiger partial charge in [0.1, 0.15) is 5.75 Å². The molecular formula is C16H27NO3. The van der Waals surface area contributed by atoms with E-state index in [0.717, 1.165) is 18.7 Å². The van der Waals surface area contributed by atoms with Crippen LogP contribution in [0, 0.1) is 0 Å². The van der Waals surface area contributed by atoms with E-state index in [1.807, 2.05) is 26.0 Å². The van der Waals surface area contributed by atoms with Crippen LogP contribution in [-0.2, 0) is 15.9 Å². The van der Waals surface area contributed by atoms with E-state index in [-0.39, 0.29) is 12.3 Å². The van der Waals surface area contributed by atoms with Crippen LogP contribution < -0.4 is 10.1 Å². The Kier molecular flexibility index (Phi) is 8.26. The minimum absolute atomic E-state index is 0.131. The van der Waals surface area contributed by atoms with Gasteiger partial charge in [-0.25, -0.2) is 0 Å². The first-order valence-electron chi connectivity index (χ1n) is 7.34. The Morgan fingerprint density at radius 2 is 1.80 bits per heavy atom. The van der Waals surface area contributed by atoms with E-state index in [2.05, 4.69) is 24.4 Å². The van der Waals surface area contributed by atoms with Crippen LogP contribution >= 0.6 is 0 Å². The molecule has 0 fully saturated rings. The van der Waals surface area contributed by atoms with Gasteiger partial charge in [-0.15, -0.1) is 0 Å². The molecule has 0 amide bonds. The fourth-order valence-electron chi connectivity index (χ4n) is 2.19. The van der Waals surface area contributed by atoms with Gasteiger partial charge in [0.25, 0.3) is 0 Å². The van der Waals surface area contributed by atoms with Gasteiger partial charge in [0.2, 0.25) is 0 Å². The van der Waals surface area contributed by atoms with Crippen molar-refractivity contribution in [3.05, 3.63) is 29.8 Å². The van der Waals surface area contributed by atoms with Gasteiger partial charge < -0.3 is 19.5 Å². The van der Waals surface area contributed by atoms with Gasteiger partial charge in [0.05, 0.1) is 13.2 Å². The molecule has 0 aliphatic rings. The van der Waals surface area contributed by atoms with Crippen LogP contribution in [-0.4, -0.2) is 39.2 Å². The molecule has 1 aromatic rings. The average molecular weight is 281 g/mol. The number of likely N-dealkylation sites (N-methyl/N-ethyl adjacent to an activating group) is 1. The molecule has 1 unspecified atom stereocenters. The maximum atomic E-state index is 5.71. The summed E-state index contributed by atoms with van der Waals surface area (Å²) < 4.78 is 16.7. The second-order valence-corrected chi connectivity index (χ2v) is 4.50. The van der Waals surface area contributed by atoms with Crippen LogP contribution in [0.3, 0.4) is 0 Å². The molecule has 1 rings (SSSR count). The van der Waals surface area contributed by atoms with Gasteiger partial charge in [0.15, 0.2) is 6.29 Å². The first-order chi connectivity index (χ1) is 9.74. The van der Waals surface area contributed by atoms with Crippen LogP contribution in [0.15, 0.2) is 24.3 Å². The SMILES string of the molecule is CCNC(Cc1cccc(OC)c1)C(OCC)OCC. The Labute approximate surface area is 122 Å². The van der Waals surface area contributed by atoms with Gasteiger partial charge in [-0.3, -0.25) is 0 Å². The number of nitrogens with one attached hydrogen (secondary N) is 1. The summed E-state index contributed by atoms with van der Waals surface area (Å²) in [5.74, 6) is 0.877. The molecule has 0 saturated carbocycles. The zero-order valence-corrected chi connectivity index (χ0v) is 13.0. The molecule has 1 aromatic carbocycles. The zero-order valence-electron chi connectivity index (χ0n) is 13.0. The first kappa shape index (κ1) is 17.0. The quantitative estimate of drug-likeness (QED) is 0.669. The number of hydrogen-bond acceptors (Lipinski definition) is 4. The molecule has 114 valence electrons. The summed E-state index contributed by atoms with van der Waals surface area (Å²) in [6.45, 7) is 8.23. The van der Waals surface area contributed by atoms with Crippen molar-refractivity contribution in [2.45, 2.75) is 39.5 Å². The first-order valence-corrected chi connectivity index (χ1v) is 7.34. The number of methoxy groups -OCH3 is 1. The largest absolute Gasteiger partial charge is 0.497 e. The van der Waals surface area contributed by atoms with E-state index in [1.165, 1.54) is 5.56 Å². The predicted molar refractivity (Wildman–Crippen MR) is 81.2 cm³/mol. The molecule has 0 radical (unpaired) electrons. The number of benzene rings is 1. The van der Waals surface area contributed by atoms with Gasteiger partial charge in [-0.05, 0) is 44.5 Å². The lowest BCUT2D eigenvalue weighted by atomic mass is 10.0. The topological polar surface area (TPSA) is 39.7 Å². The van der Waals surface area contributed by atoms with Gasteiger partial charge in [-0.1, -0.05) is 19.1 Å². The summed E-state index contributed by atoms with van der Waals surface area (Å²) in [5, 5.41) is 3.45. The second kappa shape index (κ2) is 9.75. The van der Waals surface area contributed by atoms with Crippen molar-refractivity contribution in [2.24, 2.45) is 0 Å². The van der Waals surface area contributed by atoms with Crippen LogP contribution in [0.4, 0.5) is 0 Å². The Morgan fingerprint density at radius 3 is 2.35 bits per heavy atom. The number of ether oxygens (including phenoxy) is 3. The Balaban J connectivity index is 2.77. The van der Waals surface area contributed by atoms with Crippen molar-refractivity contribution < 1.29 is 14.2 Å². The molecule has 4 heteroatoms. The lowest BCUT2D eigenvalue weighted by Crippen LogP contribution is -2.44.